The van der Waals surface area contributed by atoms with E-state index < -0.39 is 23.9 Å². The quantitative estimate of drug-likeness (QED) is 0.407. The predicted molar refractivity (Wildman–Crippen MR) is 97.8 cm³/mol. The number of hydroxylamine groups is 2. The van der Waals surface area contributed by atoms with Crippen molar-refractivity contribution in [3.8, 4) is 0 Å². The zero-order valence-electron chi connectivity index (χ0n) is 15.1. The summed E-state index contributed by atoms with van der Waals surface area (Å²) < 4.78 is 5.26. The molecule has 0 saturated carbocycles. The van der Waals surface area contributed by atoms with E-state index in [1.165, 1.54) is 0 Å². The number of amides is 2. The number of rotatable bonds is 8. The fraction of sp³-hybridized carbons (Fsp3) is 0.286. The van der Waals surface area contributed by atoms with Crippen LogP contribution >= 0.6 is 0 Å². The smallest absolute Gasteiger partial charge is 0.338 e. The number of imide groups is 1. The normalized spacial score (nSPS) is 14.2. The van der Waals surface area contributed by atoms with Crippen molar-refractivity contribution < 1.29 is 24.0 Å². The predicted octanol–water partition coefficient (Wildman–Crippen LogP) is 3.17. The second-order valence-corrected chi connectivity index (χ2v) is 6.26. The second-order valence-electron chi connectivity index (χ2n) is 6.26. The van der Waals surface area contributed by atoms with Crippen molar-refractivity contribution in [2.75, 3.05) is 6.61 Å². The zero-order chi connectivity index (χ0) is 19.2. The van der Waals surface area contributed by atoms with Crippen molar-refractivity contribution in [3.63, 3.8) is 0 Å². The summed E-state index contributed by atoms with van der Waals surface area (Å²) in [7, 11) is 0. The van der Waals surface area contributed by atoms with E-state index >= 15 is 0 Å². The number of nitrogens with zero attached hydrogens (tertiary/aromatic N) is 1. The molecule has 2 amide bonds. The van der Waals surface area contributed by atoms with Crippen LogP contribution in [0.3, 0.4) is 0 Å². The van der Waals surface area contributed by atoms with Crippen LogP contribution in [-0.4, -0.2) is 35.6 Å². The van der Waals surface area contributed by atoms with Gasteiger partial charge in [-0.3, -0.25) is 9.59 Å². The molecule has 0 fully saturated rings. The molecule has 140 valence electrons. The molecule has 0 bridgehead atoms. The third-order valence-electron chi connectivity index (χ3n) is 4.26. The first-order valence-corrected chi connectivity index (χ1v) is 8.97. The van der Waals surface area contributed by atoms with E-state index in [4.69, 9.17) is 9.57 Å². The van der Waals surface area contributed by atoms with Crippen LogP contribution in [0, 0.1) is 0 Å². The number of unbranched alkanes of at least 4 members (excludes halogenated alkanes) is 1. The number of esters is 1. The van der Waals surface area contributed by atoms with Gasteiger partial charge >= 0.3 is 5.97 Å². The van der Waals surface area contributed by atoms with E-state index in [0.717, 1.165) is 18.4 Å². The number of hydrogen-bond acceptors (Lipinski definition) is 5. The Balaban J connectivity index is 1.78. The lowest BCUT2D eigenvalue weighted by molar-refractivity contribution is -0.180. The van der Waals surface area contributed by atoms with Crippen LogP contribution in [0.4, 0.5) is 0 Å². The molecular weight excluding hydrogens is 346 g/mol. The number of benzene rings is 2. The molecule has 27 heavy (non-hydrogen) atoms. The molecule has 0 saturated heterocycles. The van der Waals surface area contributed by atoms with Crippen molar-refractivity contribution in [3.05, 3.63) is 71.3 Å². The molecule has 0 aromatic heterocycles. The standard InChI is InChI=1S/C21H21NO5/c1-2-3-13-26-21(25)18(14-15-9-5-4-6-10-15)27-22-19(23)16-11-7-8-12-17(16)20(22)24/h4-12,18H,2-3,13-14H2,1H3/t18-/m0/s1. The third kappa shape index (κ3) is 4.23. The van der Waals surface area contributed by atoms with Crippen LogP contribution in [0.25, 0.3) is 0 Å². The van der Waals surface area contributed by atoms with Gasteiger partial charge in [0.25, 0.3) is 11.8 Å². The van der Waals surface area contributed by atoms with E-state index in [2.05, 4.69) is 0 Å². The van der Waals surface area contributed by atoms with E-state index in [9.17, 15) is 14.4 Å². The minimum absolute atomic E-state index is 0.194. The molecule has 6 nitrogen and oxygen atoms in total. The first kappa shape index (κ1) is 18.8. The molecule has 3 rings (SSSR count). The highest BCUT2D eigenvalue weighted by Crippen LogP contribution is 2.24. The number of carbonyl (C=O) groups excluding carboxylic acids is 3. The maximum Gasteiger partial charge on any atom is 0.338 e. The Morgan fingerprint density at radius 1 is 0.963 bits per heavy atom. The van der Waals surface area contributed by atoms with Crippen molar-refractivity contribution in [2.24, 2.45) is 0 Å². The van der Waals surface area contributed by atoms with Crippen molar-refractivity contribution in [2.45, 2.75) is 32.3 Å². The first-order valence-electron chi connectivity index (χ1n) is 8.97. The molecule has 1 heterocycles. The number of ether oxygens (including phenoxy) is 1. The van der Waals surface area contributed by atoms with Crippen molar-refractivity contribution >= 4 is 17.8 Å². The van der Waals surface area contributed by atoms with Gasteiger partial charge in [-0.15, -0.1) is 5.06 Å². The zero-order valence-corrected chi connectivity index (χ0v) is 15.1. The Morgan fingerprint density at radius 3 is 2.15 bits per heavy atom. The Kier molecular flexibility index (Phi) is 5.98. The summed E-state index contributed by atoms with van der Waals surface area (Å²) in [6, 6.07) is 15.7. The summed E-state index contributed by atoms with van der Waals surface area (Å²) in [5.74, 6) is -1.74. The lowest BCUT2D eigenvalue weighted by atomic mass is 10.1. The van der Waals surface area contributed by atoms with Gasteiger partial charge in [0.2, 0.25) is 0 Å². The summed E-state index contributed by atoms with van der Waals surface area (Å²) in [5.41, 5.74) is 1.37. The van der Waals surface area contributed by atoms with Crippen molar-refractivity contribution in [1.29, 1.82) is 0 Å². The highest BCUT2D eigenvalue weighted by atomic mass is 16.7. The number of carbonyl (C=O) groups is 3. The lowest BCUT2D eigenvalue weighted by Crippen LogP contribution is -2.40. The molecule has 0 radical (unpaired) electrons. The molecule has 2 aromatic rings. The van der Waals surface area contributed by atoms with Crippen molar-refractivity contribution in [1.82, 2.24) is 5.06 Å². The van der Waals surface area contributed by atoms with Gasteiger partial charge in [-0.1, -0.05) is 55.8 Å². The second kappa shape index (κ2) is 8.60. The minimum Gasteiger partial charge on any atom is -0.464 e. The molecule has 1 aliphatic rings. The molecule has 2 aromatic carbocycles. The van der Waals surface area contributed by atoms with Gasteiger partial charge in [0, 0.05) is 6.42 Å². The third-order valence-corrected chi connectivity index (χ3v) is 4.26. The fourth-order valence-electron chi connectivity index (χ4n) is 2.79. The van der Waals surface area contributed by atoms with Gasteiger partial charge < -0.3 is 4.74 Å². The Morgan fingerprint density at radius 2 is 1.56 bits per heavy atom. The number of fused-ring (bicyclic) bond motifs is 1. The van der Waals surface area contributed by atoms with Crippen LogP contribution in [0.2, 0.25) is 0 Å². The highest BCUT2D eigenvalue weighted by Gasteiger charge is 2.39. The largest absolute Gasteiger partial charge is 0.464 e. The SMILES string of the molecule is CCCCOC(=O)[C@H](Cc1ccccc1)ON1C(=O)c2ccccc2C1=O. The van der Waals surface area contributed by atoms with E-state index in [0.29, 0.717) is 5.06 Å². The van der Waals surface area contributed by atoms with Gasteiger partial charge in [0.15, 0.2) is 6.10 Å². The van der Waals surface area contributed by atoms with Gasteiger partial charge in [-0.2, -0.15) is 0 Å². The summed E-state index contributed by atoms with van der Waals surface area (Å²) >= 11 is 0. The van der Waals surface area contributed by atoms with Crippen LogP contribution in [-0.2, 0) is 20.8 Å². The Labute approximate surface area is 157 Å². The van der Waals surface area contributed by atoms with Crippen LogP contribution in [0.5, 0.6) is 0 Å². The maximum absolute atomic E-state index is 12.5. The fourth-order valence-corrected chi connectivity index (χ4v) is 2.79. The monoisotopic (exact) mass is 367 g/mol. The summed E-state index contributed by atoms with van der Waals surface area (Å²) in [5, 5.41) is 0.666. The number of hydrogen-bond donors (Lipinski definition) is 0. The van der Waals surface area contributed by atoms with Crippen LogP contribution < -0.4 is 0 Å². The Hall–Kier alpha value is -2.99. The lowest BCUT2D eigenvalue weighted by Gasteiger charge is -2.21. The first-order chi connectivity index (χ1) is 13.1. The molecule has 6 heteroatoms. The van der Waals surface area contributed by atoms with Gasteiger partial charge in [0.05, 0.1) is 17.7 Å². The molecule has 0 N–H and O–H groups in total. The molecule has 1 atom stereocenters. The maximum atomic E-state index is 12.5. The molecule has 0 spiro atoms. The van der Waals surface area contributed by atoms with Gasteiger partial charge in [0.1, 0.15) is 0 Å². The van der Waals surface area contributed by atoms with E-state index in [-0.39, 0.29) is 24.2 Å². The molecular formula is C21H21NO5. The topological polar surface area (TPSA) is 72.9 Å². The average molecular weight is 367 g/mol. The summed E-state index contributed by atoms with van der Waals surface area (Å²) in [6.07, 6.45) is 0.720. The average Bonchev–Trinajstić information content (AvgIpc) is 2.93. The van der Waals surface area contributed by atoms with Gasteiger partial charge in [-0.25, -0.2) is 9.63 Å². The van der Waals surface area contributed by atoms with Crippen LogP contribution in [0.15, 0.2) is 54.6 Å². The van der Waals surface area contributed by atoms with E-state index in [1.807, 2.05) is 37.3 Å². The molecule has 0 aliphatic carbocycles. The molecule has 1 aliphatic heterocycles. The molecule has 0 unspecified atom stereocenters. The summed E-state index contributed by atoms with van der Waals surface area (Å²) in [4.78, 5) is 43.1. The van der Waals surface area contributed by atoms with E-state index in [1.54, 1.807) is 24.3 Å². The van der Waals surface area contributed by atoms with Crippen LogP contribution in [0.1, 0.15) is 46.0 Å². The Bertz CT molecular complexity index is 798. The van der Waals surface area contributed by atoms with Gasteiger partial charge in [-0.05, 0) is 24.1 Å². The minimum atomic E-state index is -1.09. The highest BCUT2D eigenvalue weighted by molar-refractivity contribution is 6.20. The summed E-state index contributed by atoms with van der Waals surface area (Å²) in [6.45, 7) is 2.26.